The van der Waals surface area contributed by atoms with Gasteiger partial charge >= 0.3 is 5.97 Å². The van der Waals surface area contributed by atoms with Crippen LogP contribution in [-0.2, 0) is 39.1 Å². The normalized spacial score (nSPS) is 31.0. The summed E-state index contributed by atoms with van der Waals surface area (Å²) in [5, 5.41) is 47.3. The van der Waals surface area contributed by atoms with E-state index in [0.29, 0.717) is 60.1 Å². The third-order valence-electron chi connectivity index (χ3n) is 19.3. The minimum absolute atomic E-state index is 0.00413. The molecule has 1 saturated heterocycles. The van der Waals surface area contributed by atoms with Crippen molar-refractivity contribution in [3.63, 3.8) is 0 Å². The number of aliphatic hydroxyl groups is 1. The molecule has 3 aliphatic carbocycles. The van der Waals surface area contributed by atoms with Crippen LogP contribution in [0.5, 0.6) is 28.7 Å². The molecule has 6 heterocycles. The summed E-state index contributed by atoms with van der Waals surface area (Å²) >= 11 is 0. The second kappa shape index (κ2) is 23.8. The molecule has 4 aromatic rings. The molecule has 6 bridgehead atoms. The van der Waals surface area contributed by atoms with Gasteiger partial charge in [0, 0.05) is 103 Å². The molecule has 1 spiro atoms. The van der Waals surface area contributed by atoms with Crippen LogP contribution in [0, 0.1) is 47.4 Å². The lowest BCUT2D eigenvalue weighted by Crippen LogP contribution is -2.52. The van der Waals surface area contributed by atoms with Gasteiger partial charge in [0.2, 0.25) is 0 Å². The molecule has 6 aliphatic heterocycles. The van der Waals surface area contributed by atoms with Gasteiger partial charge in [-0.2, -0.15) is 0 Å². The fraction of sp³-hybridized carbons (Fsp3) is 0.485. The van der Waals surface area contributed by atoms with Gasteiger partial charge in [-0.15, -0.1) is 5.92 Å². The van der Waals surface area contributed by atoms with E-state index in [1.165, 1.54) is 18.9 Å². The van der Waals surface area contributed by atoms with Crippen LogP contribution >= 0.6 is 21.6 Å². The van der Waals surface area contributed by atoms with Crippen LogP contribution in [-0.4, -0.2) is 97.2 Å². The molecule has 0 amide bonds. The maximum atomic E-state index is 13.6. The van der Waals surface area contributed by atoms with Crippen LogP contribution in [0.25, 0.3) is 17.2 Å². The van der Waals surface area contributed by atoms with Gasteiger partial charge in [0.15, 0.2) is 11.5 Å². The van der Waals surface area contributed by atoms with Gasteiger partial charge in [0.25, 0.3) is 0 Å². The molecule has 4 aromatic carbocycles. The summed E-state index contributed by atoms with van der Waals surface area (Å²) in [6, 6.07) is 18.6. The molecule has 15 heteroatoms. The van der Waals surface area contributed by atoms with Gasteiger partial charge in [-0.1, -0.05) is 101 Å². The summed E-state index contributed by atoms with van der Waals surface area (Å²) in [6.07, 6.45) is 16.6. The van der Waals surface area contributed by atoms with Gasteiger partial charge in [0.05, 0.1) is 42.8 Å². The summed E-state index contributed by atoms with van der Waals surface area (Å²) < 4.78 is 33.8. The number of nitrogens with two attached hydrogens (primary N) is 1. The zero-order valence-electron chi connectivity index (χ0n) is 47.6. The highest BCUT2D eigenvalue weighted by atomic mass is 33.1. The molecule has 8 N–H and O–H groups in total. The Morgan fingerprint density at radius 2 is 1.84 bits per heavy atom. The number of ether oxygens (including phenoxy) is 5. The fourth-order valence-electron chi connectivity index (χ4n) is 15.5. The van der Waals surface area contributed by atoms with E-state index >= 15 is 0 Å². The summed E-state index contributed by atoms with van der Waals surface area (Å²) in [5.41, 5.74) is 17.0. The van der Waals surface area contributed by atoms with E-state index in [1.807, 2.05) is 33.7 Å². The Morgan fingerprint density at radius 1 is 0.964 bits per heavy atom. The van der Waals surface area contributed by atoms with Crippen LogP contribution in [0.15, 0.2) is 84.1 Å². The van der Waals surface area contributed by atoms with E-state index < -0.39 is 41.6 Å². The number of methoxy groups -OCH3 is 2. The molecule has 3 fully saturated rings. The number of benzene rings is 4. The number of phenolic OH excluding ortho intramolecular Hbond substituents is 2. The van der Waals surface area contributed by atoms with Crippen molar-refractivity contribution in [2.45, 2.75) is 137 Å². The third kappa shape index (κ3) is 10.8. The van der Waals surface area contributed by atoms with Crippen molar-refractivity contribution >= 4 is 33.6 Å². The first-order valence-corrected chi connectivity index (χ1v) is 32.3. The lowest BCUT2D eigenvalue weighted by atomic mass is 9.65. The smallest absolute Gasteiger partial charge is 0.302 e. The highest BCUT2D eigenvalue weighted by Crippen LogP contribution is 2.64. The largest absolute Gasteiger partial charge is 0.508 e. The van der Waals surface area contributed by atoms with Crippen LogP contribution < -0.4 is 35.9 Å². The average Bonchev–Trinajstić information content (AvgIpc) is 2.61. The maximum Gasteiger partial charge on any atom is 0.302 e. The number of dihydropyridines is 1. The highest BCUT2D eigenvalue weighted by molar-refractivity contribution is 8.77. The predicted molar refractivity (Wildman–Crippen MR) is 326 cm³/mol. The number of aliphatic hydroxyl groups excluding tert-OH is 1. The van der Waals surface area contributed by atoms with Crippen LogP contribution in [0.3, 0.4) is 0 Å². The average molecular weight is 1160 g/mol. The Morgan fingerprint density at radius 3 is 2.67 bits per heavy atom. The van der Waals surface area contributed by atoms with Gasteiger partial charge in [-0.3, -0.25) is 4.79 Å². The Labute approximate surface area is 495 Å². The van der Waals surface area contributed by atoms with E-state index in [-0.39, 0.29) is 66.3 Å². The third-order valence-corrected chi connectivity index (χ3v) is 22.3. The fourth-order valence-corrected chi connectivity index (χ4v) is 18.7. The summed E-state index contributed by atoms with van der Waals surface area (Å²) in [4.78, 5) is 13.3. The number of phenols is 2. The molecule has 83 heavy (non-hydrogen) atoms. The van der Waals surface area contributed by atoms with E-state index in [1.54, 1.807) is 20.3 Å². The number of carbonyl (C=O) groups excluding carboxylic acids is 1. The number of hydrogen-bond acceptors (Lipinski definition) is 15. The Bertz CT molecular complexity index is 3400. The van der Waals surface area contributed by atoms with E-state index in [4.69, 9.17) is 29.4 Å². The van der Waals surface area contributed by atoms with Gasteiger partial charge in [-0.25, -0.2) is 0 Å². The lowest BCUT2D eigenvalue weighted by Gasteiger charge is -2.39. The molecule has 1 unspecified atom stereocenters. The molecule has 0 radical (unpaired) electrons. The molecule has 434 valence electrons. The van der Waals surface area contributed by atoms with Crippen molar-refractivity contribution in [3.8, 4) is 63.6 Å². The molecule has 13 nitrogen and oxygen atoms in total. The number of aromatic hydroxyl groups is 2. The zero-order chi connectivity index (χ0) is 56.9. The minimum Gasteiger partial charge on any atom is -0.508 e. The number of esters is 1. The molecule has 2 saturated carbocycles. The SMILES string of the molecule is COC[C@@H]1CC#C[C@H]2C#CC3=C(C=CC(N)N3)C[C@H]3CC[C@]4(Cc5cc(O)cc(OC)c5-c5ccc6c(c54)O[C@H](c4c5c(c(O)c(c42)CNC[C@H]1CO)O[C@H]1[C@H](C=C5)N[C@@H]2CCC[C@@H](CSS[C@@H]1Cc1ccccc1)C2)[C@H]6COC(C)=O)C3. The van der Waals surface area contributed by atoms with Crippen molar-refractivity contribution in [2.24, 2.45) is 29.4 Å². The molecule has 13 rings (SSSR count). The van der Waals surface area contributed by atoms with Gasteiger partial charge < -0.3 is 60.7 Å². The van der Waals surface area contributed by atoms with Crippen molar-refractivity contribution in [3.05, 3.63) is 129 Å². The van der Waals surface area contributed by atoms with Crippen molar-refractivity contribution in [1.82, 2.24) is 16.0 Å². The first kappa shape index (κ1) is 56.1. The van der Waals surface area contributed by atoms with Crippen LogP contribution in [0.2, 0.25) is 0 Å². The molecule has 13 atom stereocenters. The Hall–Kier alpha value is -6.01. The molecule has 9 aliphatic rings. The number of nitrogens with one attached hydrogen (secondary N) is 3. The predicted octanol–water partition coefficient (Wildman–Crippen LogP) is 10.0. The minimum atomic E-state index is -0.815. The number of carbonyl (C=O) groups is 1. The Kier molecular flexibility index (Phi) is 16.1. The number of hydrogen-bond donors (Lipinski definition) is 7. The van der Waals surface area contributed by atoms with Crippen molar-refractivity contribution in [2.75, 3.05) is 46.3 Å². The van der Waals surface area contributed by atoms with Gasteiger partial charge in [-0.05, 0) is 121 Å². The molecule has 0 aromatic heterocycles. The summed E-state index contributed by atoms with van der Waals surface area (Å²) in [6.45, 7) is 2.36. The van der Waals surface area contributed by atoms with Crippen LogP contribution in [0.4, 0.5) is 0 Å². The van der Waals surface area contributed by atoms with E-state index in [0.717, 1.165) is 108 Å². The highest BCUT2D eigenvalue weighted by Gasteiger charge is 2.52. The number of allylic oxidation sites excluding steroid dienone is 3. The monoisotopic (exact) mass is 1160 g/mol. The zero-order valence-corrected chi connectivity index (χ0v) is 49.3. The van der Waals surface area contributed by atoms with Crippen molar-refractivity contribution < 1.29 is 43.8 Å². The van der Waals surface area contributed by atoms with Gasteiger partial charge in [0.1, 0.15) is 42.0 Å². The van der Waals surface area contributed by atoms with E-state index in [2.05, 4.69) is 100 Å². The first-order valence-electron chi connectivity index (χ1n) is 30.0. The standard InChI is InChI=1S/C68H76N4O9S2/c1-38(74)79-36-53-49-17-18-50-59-45(28-48(75)29-56(59)78-3)31-68-24-23-40(30-68)25-43-16-22-58(69)72-54(43)20-15-42-12-8-13-44(35-77-2)46(34-73)32-70-33-52-60(42)61(64(53)80-65(49)62(50)68)51-19-21-55-67(81-66(51)63(52)76)57(27-39-9-5-4-6-10-39)83-82-37-41-11-7-14-47(26-41)71-55/h4-6,9-10,16-19,21-22,28-29,40-42,44,46-47,53,55,57-58,64,67,70-73,75-76H,7,11,13-14,23-27,30-37,69H2,1-3H3/t40-,41-,42+,44+,46+,47-,53+,55+,57-,58?,64+,67+,68-/m1/s1. The number of rotatable bonds is 8. The van der Waals surface area contributed by atoms with E-state index in [9.17, 15) is 20.1 Å². The Balaban J connectivity index is 1.10. The van der Waals surface area contributed by atoms with Crippen molar-refractivity contribution in [1.29, 1.82) is 0 Å². The topological polar surface area (TPSA) is 186 Å². The molecular weight excluding hydrogens is 1080 g/mol. The summed E-state index contributed by atoms with van der Waals surface area (Å²) in [7, 11) is 7.17. The van der Waals surface area contributed by atoms with Crippen LogP contribution in [0.1, 0.15) is 127 Å². The second-order valence-electron chi connectivity index (χ2n) is 24.6. The number of fused-ring (bicyclic) bond motifs is 10. The second-order valence-corrected chi connectivity index (χ2v) is 27.3. The molecular formula is C68H76N4O9S2. The first-order chi connectivity index (χ1) is 40.5. The summed E-state index contributed by atoms with van der Waals surface area (Å²) in [5.74, 6) is 16.4. The quantitative estimate of drug-likeness (QED) is 0.0502. The maximum absolute atomic E-state index is 13.6. The lowest BCUT2D eigenvalue weighted by molar-refractivity contribution is -0.141.